The molecule has 0 aromatic rings. The molecule has 0 saturated heterocycles. The second-order valence-electron chi connectivity index (χ2n) is 1.64. The monoisotopic (exact) mass is 154 g/mol. The molecule has 0 aromatic heterocycles. The van der Waals surface area contributed by atoms with Crippen molar-refractivity contribution < 1.29 is 13.9 Å². The highest BCUT2D eigenvalue weighted by Crippen LogP contribution is 2.27. The molecule has 0 saturated carbocycles. The van der Waals surface area contributed by atoms with Gasteiger partial charge in [0.15, 0.2) is 0 Å². The Morgan fingerprint density at radius 1 is 1.56 bits per heavy atom. The van der Waals surface area contributed by atoms with E-state index in [0.717, 1.165) is 0 Å². The maximum Gasteiger partial charge on any atom is 0.219 e. The number of carbonyl (C=O) groups excluding carboxylic acids is 1. The molecule has 0 radical (unpaired) electrons. The molecule has 0 aromatic carbocycles. The fourth-order valence-corrected chi connectivity index (χ4v) is 0.752. The first-order chi connectivity index (χ1) is 3.92. The van der Waals surface area contributed by atoms with Gasteiger partial charge in [-0.25, -0.2) is 5.14 Å². The summed E-state index contributed by atoms with van der Waals surface area (Å²) in [7, 11) is -3.02. The largest absolute Gasteiger partial charge is 0.370 e. The zero-order valence-corrected chi connectivity index (χ0v) is 5.60. The van der Waals surface area contributed by atoms with Crippen LogP contribution in [0.3, 0.4) is 0 Å². The summed E-state index contributed by atoms with van der Waals surface area (Å²) in [6.07, 6.45) is -0.0845. The topological polar surface area (TPSA) is 110 Å². The summed E-state index contributed by atoms with van der Waals surface area (Å²) in [5, 5.41) is 4.77. The summed E-state index contributed by atoms with van der Waals surface area (Å²) in [5.41, 5.74) is 4.70. The van der Waals surface area contributed by atoms with Gasteiger partial charge in [-0.1, -0.05) is 0 Å². The molecular formula is C3H10N2O3S. The van der Waals surface area contributed by atoms with E-state index in [-0.39, 0.29) is 12.2 Å². The van der Waals surface area contributed by atoms with Crippen molar-refractivity contribution in [3.8, 4) is 0 Å². The smallest absolute Gasteiger partial charge is 0.219 e. The number of hydrogen-bond acceptors (Lipinski definition) is 4. The van der Waals surface area contributed by atoms with Gasteiger partial charge in [0.2, 0.25) is 5.91 Å². The third-order valence-electron chi connectivity index (χ3n) is 0.649. The second-order valence-corrected chi connectivity index (χ2v) is 3.48. The van der Waals surface area contributed by atoms with Crippen LogP contribution in [0.5, 0.6) is 0 Å². The average Bonchev–Trinajstić information content (AvgIpc) is 1.59. The van der Waals surface area contributed by atoms with E-state index in [1.54, 1.807) is 0 Å². The lowest BCUT2D eigenvalue weighted by Gasteiger charge is -2.24. The van der Waals surface area contributed by atoms with Crippen LogP contribution in [-0.4, -0.2) is 20.8 Å². The molecule has 5 nitrogen and oxygen atoms in total. The van der Waals surface area contributed by atoms with E-state index in [9.17, 15) is 4.79 Å². The first-order valence-electron chi connectivity index (χ1n) is 2.24. The summed E-state index contributed by atoms with van der Waals surface area (Å²) < 4.78 is 17.0. The van der Waals surface area contributed by atoms with Crippen LogP contribution in [0.15, 0.2) is 0 Å². The van der Waals surface area contributed by atoms with Gasteiger partial charge in [-0.3, -0.25) is 13.9 Å². The maximum absolute atomic E-state index is 10.0. The Morgan fingerprint density at radius 3 is 2.11 bits per heavy atom. The highest BCUT2D eigenvalue weighted by Gasteiger charge is 2.05. The lowest BCUT2D eigenvalue weighted by atomic mass is 10.5. The van der Waals surface area contributed by atoms with Crippen molar-refractivity contribution in [2.75, 3.05) is 5.75 Å². The third kappa shape index (κ3) is 7.70. The van der Waals surface area contributed by atoms with Crippen LogP contribution in [0.1, 0.15) is 6.42 Å². The molecule has 0 aliphatic rings. The third-order valence-corrected chi connectivity index (χ3v) is 1.45. The van der Waals surface area contributed by atoms with Gasteiger partial charge in [0.05, 0.1) is 5.75 Å². The molecular weight excluding hydrogens is 144 g/mol. The van der Waals surface area contributed by atoms with Gasteiger partial charge < -0.3 is 5.73 Å². The Labute approximate surface area is 54.5 Å². The van der Waals surface area contributed by atoms with Crippen molar-refractivity contribution in [2.24, 2.45) is 10.9 Å². The van der Waals surface area contributed by atoms with E-state index in [1.165, 1.54) is 0 Å². The van der Waals surface area contributed by atoms with Gasteiger partial charge in [-0.05, 0) is 0 Å². The average molecular weight is 154 g/mol. The van der Waals surface area contributed by atoms with Crippen molar-refractivity contribution in [3.63, 3.8) is 0 Å². The van der Waals surface area contributed by atoms with Crippen LogP contribution in [0, 0.1) is 0 Å². The molecule has 0 aliphatic heterocycles. The summed E-state index contributed by atoms with van der Waals surface area (Å²) >= 11 is 0. The number of hydrogen-bond donors (Lipinski definition) is 4. The normalized spacial score (nSPS) is 13.2. The van der Waals surface area contributed by atoms with Gasteiger partial charge >= 0.3 is 0 Å². The molecule has 1 amide bonds. The molecule has 0 atom stereocenters. The van der Waals surface area contributed by atoms with Gasteiger partial charge in [0.25, 0.3) is 0 Å². The number of rotatable bonds is 3. The van der Waals surface area contributed by atoms with Gasteiger partial charge in [-0.2, -0.15) is 0 Å². The molecule has 0 heterocycles. The van der Waals surface area contributed by atoms with Gasteiger partial charge in [0.1, 0.15) is 0 Å². The first-order valence-corrected chi connectivity index (χ1v) is 4.01. The summed E-state index contributed by atoms with van der Waals surface area (Å²) in [6.45, 7) is 0. The zero-order valence-electron chi connectivity index (χ0n) is 4.78. The molecule has 0 fully saturated rings. The molecule has 6 heteroatoms. The SMILES string of the molecule is NC(=O)CCS(N)(O)O. The number of amides is 1. The van der Waals surface area contributed by atoms with Crippen molar-refractivity contribution in [2.45, 2.75) is 6.42 Å². The molecule has 0 unspecified atom stereocenters. The Kier molecular flexibility index (Phi) is 2.92. The van der Waals surface area contributed by atoms with E-state index in [1.807, 2.05) is 0 Å². The second kappa shape index (κ2) is 3.02. The molecule has 0 spiro atoms. The Balaban J connectivity index is 3.39. The Bertz CT molecular complexity index is 110. The van der Waals surface area contributed by atoms with Crippen molar-refractivity contribution in [3.05, 3.63) is 0 Å². The minimum Gasteiger partial charge on any atom is -0.370 e. The Hall–Kier alpha value is -0.300. The zero-order chi connectivity index (χ0) is 7.49. The predicted octanol–water partition coefficient (Wildman–Crippen LogP) is -0.514. The fraction of sp³-hybridized carbons (Fsp3) is 0.667. The minimum absolute atomic E-state index is 0.0845. The van der Waals surface area contributed by atoms with Crippen LogP contribution >= 0.6 is 10.8 Å². The standard InChI is InChI=1S/C3H10N2O3S/c4-3(6)1-2-9(5,7)8/h7-8H,1-2,5H2,(H2,4,6). The quantitative estimate of drug-likeness (QED) is 0.438. The van der Waals surface area contributed by atoms with Gasteiger partial charge in [0, 0.05) is 6.42 Å². The molecule has 56 valence electrons. The fourth-order valence-electron chi connectivity index (χ4n) is 0.251. The van der Waals surface area contributed by atoms with Crippen LogP contribution < -0.4 is 10.9 Å². The molecule has 9 heavy (non-hydrogen) atoms. The van der Waals surface area contributed by atoms with E-state index < -0.39 is 16.7 Å². The molecule has 0 bridgehead atoms. The van der Waals surface area contributed by atoms with Gasteiger partial charge in [-0.15, -0.1) is 10.8 Å². The van der Waals surface area contributed by atoms with Crippen LogP contribution in [-0.2, 0) is 4.79 Å². The molecule has 0 aliphatic carbocycles. The van der Waals surface area contributed by atoms with E-state index >= 15 is 0 Å². The van der Waals surface area contributed by atoms with E-state index in [4.69, 9.17) is 20.0 Å². The predicted molar refractivity (Wildman–Crippen MR) is 35.7 cm³/mol. The highest BCUT2D eigenvalue weighted by atomic mass is 32.3. The first kappa shape index (κ1) is 8.70. The number of carbonyl (C=O) groups is 1. The molecule has 6 N–H and O–H groups in total. The molecule has 0 rings (SSSR count). The minimum atomic E-state index is -3.02. The lowest BCUT2D eigenvalue weighted by molar-refractivity contribution is -0.117. The Morgan fingerprint density at radius 2 is 2.00 bits per heavy atom. The van der Waals surface area contributed by atoms with Crippen LogP contribution in [0.25, 0.3) is 0 Å². The maximum atomic E-state index is 10.0. The van der Waals surface area contributed by atoms with E-state index in [2.05, 4.69) is 0 Å². The summed E-state index contributed by atoms with van der Waals surface area (Å²) in [5.74, 6) is -0.733. The van der Waals surface area contributed by atoms with Crippen molar-refractivity contribution in [1.82, 2.24) is 0 Å². The lowest BCUT2D eigenvalue weighted by Crippen LogP contribution is -2.19. The number of primary amides is 1. The van der Waals surface area contributed by atoms with Crippen LogP contribution in [0.2, 0.25) is 0 Å². The summed E-state index contributed by atoms with van der Waals surface area (Å²) in [4.78, 5) is 10.0. The van der Waals surface area contributed by atoms with Crippen molar-refractivity contribution in [1.29, 1.82) is 0 Å². The van der Waals surface area contributed by atoms with Crippen molar-refractivity contribution >= 4 is 16.7 Å². The summed E-state index contributed by atoms with van der Waals surface area (Å²) in [6, 6.07) is 0. The number of nitrogens with two attached hydrogens (primary N) is 2. The van der Waals surface area contributed by atoms with Crippen LogP contribution in [0.4, 0.5) is 0 Å². The highest BCUT2D eigenvalue weighted by molar-refractivity contribution is 8.22. The van der Waals surface area contributed by atoms with E-state index in [0.29, 0.717) is 0 Å².